The SMILES string of the molecule is CSc1cc(OC2CC2)ccc1B1OC(C)(C)C(C)(C)O1. The van der Waals surface area contributed by atoms with Crippen molar-refractivity contribution in [2.75, 3.05) is 6.26 Å². The molecular weight excluding hydrogens is 283 g/mol. The Kier molecular flexibility index (Phi) is 3.79. The molecule has 3 nitrogen and oxygen atoms in total. The Morgan fingerprint density at radius 2 is 1.76 bits per heavy atom. The number of hydrogen-bond donors (Lipinski definition) is 0. The Labute approximate surface area is 131 Å². The number of rotatable bonds is 4. The highest BCUT2D eigenvalue weighted by Crippen LogP contribution is 2.37. The summed E-state index contributed by atoms with van der Waals surface area (Å²) in [7, 11) is -0.313. The van der Waals surface area contributed by atoms with Gasteiger partial charge in [0.15, 0.2) is 0 Å². The summed E-state index contributed by atoms with van der Waals surface area (Å²) in [4.78, 5) is 1.16. The van der Waals surface area contributed by atoms with Crippen LogP contribution in [0.5, 0.6) is 5.75 Å². The van der Waals surface area contributed by atoms with E-state index in [4.69, 9.17) is 14.0 Å². The summed E-state index contributed by atoms with van der Waals surface area (Å²) in [6.07, 6.45) is 4.84. The maximum atomic E-state index is 6.15. The van der Waals surface area contributed by atoms with Crippen molar-refractivity contribution in [3.63, 3.8) is 0 Å². The second-order valence-electron chi connectivity index (χ2n) is 6.81. The van der Waals surface area contributed by atoms with Gasteiger partial charge in [0.1, 0.15) is 5.75 Å². The third-order valence-electron chi connectivity index (χ3n) is 4.54. The lowest BCUT2D eigenvalue weighted by Gasteiger charge is -2.32. The molecule has 1 heterocycles. The van der Waals surface area contributed by atoms with E-state index in [1.165, 1.54) is 12.8 Å². The van der Waals surface area contributed by atoms with Crippen molar-refractivity contribution in [3.8, 4) is 5.75 Å². The van der Waals surface area contributed by atoms with Crippen LogP contribution in [0.1, 0.15) is 40.5 Å². The molecular formula is C16H23BO3S. The minimum atomic E-state index is -0.313. The normalized spacial score (nSPS) is 23.4. The molecule has 1 saturated carbocycles. The maximum absolute atomic E-state index is 6.15. The fraction of sp³-hybridized carbons (Fsp3) is 0.625. The predicted molar refractivity (Wildman–Crippen MR) is 87.6 cm³/mol. The highest BCUT2D eigenvalue weighted by Gasteiger charge is 2.52. The minimum Gasteiger partial charge on any atom is -0.490 e. The van der Waals surface area contributed by atoms with Gasteiger partial charge in [-0.3, -0.25) is 0 Å². The predicted octanol–water partition coefficient (Wildman–Crippen LogP) is 3.25. The largest absolute Gasteiger partial charge is 0.495 e. The van der Waals surface area contributed by atoms with Crippen LogP contribution in [0.25, 0.3) is 0 Å². The van der Waals surface area contributed by atoms with E-state index < -0.39 is 0 Å². The number of hydrogen-bond acceptors (Lipinski definition) is 4. The maximum Gasteiger partial charge on any atom is 0.495 e. The van der Waals surface area contributed by atoms with E-state index in [1.54, 1.807) is 11.8 Å². The summed E-state index contributed by atoms with van der Waals surface area (Å²) in [6.45, 7) is 8.32. The van der Waals surface area contributed by atoms with Gasteiger partial charge in [-0.15, -0.1) is 11.8 Å². The number of benzene rings is 1. The first-order valence-corrected chi connectivity index (χ1v) is 8.75. The zero-order valence-corrected chi connectivity index (χ0v) is 14.3. The molecule has 0 unspecified atom stereocenters. The van der Waals surface area contributed by atoms with Gasteiger partial charge in [0.05, 0.1) is 17.3 Å². The number of ether oxygens (including phenoxy) is 1. The van der Waals surface area contributed by atoms with Gasteiger partial charge in [-0.2, -0.15) is 0 Å². The molecule has 1 aromatic carbocycles. The topological polar surface area (TPSA) is 27.7 Å². The second kappa shape index (κ2) is 5.22. The first kappa shape index (κ1) is 15.3. The molecule has 21 heavy (non-hydrogen) atoms. The first-order chi connectivity index (χ1) is 9.82. The van der Waals surface area contributed by atoms with Gasteiger partial charge in [-0.1, -0.05) is 6.07 Å². The monoisotopic (exact) mass is 306 g/mol. The summed E-state index contributed by atoms with van der Waals surface area (Å²) in [5.74, 6) is 0.946. The molecule has 0 spiro atoms. The highest BCUT2D eigenvalue weighted by atomic mass is 32.2. The van der Waals surface area contributed by atoms with Gasteiger partial charge in [-0.25, -0.2) is 0 Å². The molecule has 1 aliphatic heterocycles. The van der Waals surface area contributed by atoms with Crippen LogP contribution in [-0.2, 0) is 9.31 Å². The summed E-state index contributed by atoms with van der Waals surface area (Å²) >= 11 is 1.70. The molecule has 0 bridgehead atoms. The van der Waals surface area contributed by atoms with E-state index in [0.717, 1.165) is 16.1 Å². The molecule has 2 fully saturated rings. The summed E-state index contributed by atoms with van der Waals surface area (Å²) < 4.78 is 18.2. The van der Waals surface area contributed by atoms with E-state index in [2.05, 4.69) is 46.1 Å². The van der Waals surface area contributed by atoms with Crippen LogP contribution in [0.15, 0.2) is 23.1 Å². The van der Waals surface area contributed by atoms with Gasteiger partial charge in [-0.05, 0) is 64.4 Å². The Hall–Kier alpha value is -0.645. The van der Waals surface area contributed by atoms with E-state index in [9.17, 15) is 0 Å². The van der Waals surface area contributed by atoms with Gasteiger partial charge < -0.3 is 14.0 Å². The van der Waals surface area contributed by atoms with Crippen LogP contribution in [0.4, 0.5) is 0 Å². The van der Waals surface area contributed by atoms with Crippen molar-refractivity contribution in [2.24, 2.45) is 0 Å². The third-order valence-corrected chi connectivity index (χ3v) is 5.33. The molecule has 2 aliphatic rings. The van der Waals surface area contributed by atoms with Crippen LogP contribution in [-0.4, -0.2) is 30.7 Å². The summed E-state index contributed by atoms with van der Waals surface area (Å²) in [6, 6.07) is 6.20. The van der Waals surface area contributed by atoms with Crippen molar-refractivity contribution < 1.29 is 14.0 Å². The molecule has 0 amide bonds. The zero-order chi connectivity index (χ0) is 15.3. The lowest BCUT2D eigenvalue weighted by atomic mass is 9.79. The molecule has 5 heteroatoms. The lowest BCUT2D eigenvalue weighted by molar-refractivity contribution is 0.00578. The van der Waals surface area contributed by atoms with Crippen molar-refractivity contribution >= 4 is 24.3 Å². The lowest BCUT2D eigenvalue weighted by Crippen LogP contribution is -2.41. The van der Waals surface area contributed by atoms with Crippen molar-refractivity contribution in [2.45, 2.75) is 62.7 Å². The molecule has 3 rings (SSSR count). The molecule has 0 atom stereocenters. The van der Waals surface area contributed by atoms with Crippen LogP contribution in [0, 0.1) is 0 Å². The average Bonchev–Trinajstić information content (AvgIpc) is 3.17. The Balaban J connectivity index is 1.85. The highest BCUT2D eigenvalue weighted by molar-refractivity contribution is 7.98. The zero-order valence-electron chi connectivity index (χ0n) is 13.4. The molecule has 1 aromatic rings. The molecule has 1 saturated heterocycles. The Bertz CT molecular complexity index is 524. The molecule has 114 valence electrons. The van der Waals surface area contributed by atoms with Gasteiger partial charge in [0, 0.05) is 4.90 Å². The van der Waals surface area contributed by atoms with Crippen LogP contribution >= 0.6 is 11.8 Å². The van der Waals surface area contributed by atoms with Gasteiger partial charge in [0.2, 0.25) is 0 Å². The van der Waals surface area contributed by atoms with E-state index in [-0.39, 0.29) is 18.3 Å². The van der Waals surface area contributed by atoms with E-state index in [0.29, 0.717) is 6.10 Å². The average molecular weight is 306 g/mol. The van der Waals surface area contributed by atoms with Gasteiger partial charge in [0.25, 0.3) is 0 Å². The molecule has 0 N–H and O–H groups in total. The Morgan fingerprint density at radius 1 is 1.14 bits per heavy atom. The van der Waals surface area contributed by atoms with E-state index >= 15 is 0 Å². The molecule has 1 aliphatic carbocycles. The van der Waals surface area contributed by atoms with Gasteiger partial charge >= 0.3 is 7.12 Å². The fourth-order valence-electron chi connectivity index (χ4n) is 2.31. The number of thioether (sulfide) groups is 1. The van der Waals surface area contributed by atoms with Crippen LogP contribution in [0.2, 0.25) is 0 Å². The van der Waals surface area contributed by atoms with Crippen molar-refractivity contribution in [3.05, 3.63) is 18.2 Å². The standard InChI is InChI=1S/C16H23BO3S/c1-15(2)16(3,4)20-17(19-15)13-9-8-12(10-14(13)21-5)18-11-6-7-11/h8-11H,6-7H2,1-5H3. The first-order valence-electron chi connectivity index (χ1n) is 7.53. The molecule has 0 radical (unpaired) electrons. The van der Waals surface area contributed by atoms with Crippen molar-refractivity contribution in [1.82, 2.24) is 0 Å². The van der Waals surface area contributed by atoms with E-state index in [1.807, 2.05) is 6.07 Å². The minimum absolute atomic E-state index is 0.309. The smallest absolute Gasteiger partial charge is 0.490 e. The third kappa shape index (κ3) is 2.96. The summed E-state index contributed by atoms with van der Waals surface area (Å²) in [5.41, 5.74) is 0.469. The fourth-order valence-corrected chi connectivity index (χ4v) is 2.94. The quantitative estimate of drug-likeness (QED) is 0.630. The molecule has 0 aromatic heterocycles. The van der Waals surface area contributed by atoms with Crippen LogP contribution in [0.3, 0.4) is 0 Å². The summed E-state index contributed by atoms with van der Waals surface area (Å²) in [5, 5.41) is 0. The van der Waals surface area contributed by atoms with Crippen molar-refractivity contribution in [1.29, 1.82) is 0 Å². The Morgan fingerprint density at radius 3 is 2.29 bits per heavy atom. The van der Waals surface area contributed by atoms with Crippen LogP contribution < -0.4 is 10.2 Å². The second-order valence-corrected chi connectivity index (χ2v) is 7.66.